The van der Waals surface area contributed by atoms with Gasteiger partial charge >= 0.3 is 6.18 Å². The first-order valence-corrected chi connectivity index (χ1v) is 12.6. The van der Waals surface area contributed by atoms with Gasteiger partial charge in [0, 0.05) is 29.2 Å². The fourth-order valence-electron chi connectivity index (χ4n) is 5.57. The average Bonchev–Trinajstić information content (AvgIpc) is 2.93. The summed E-state index contributed by atoms with van der Waals surface area (Å²) in [6.07, 6.45) is 0.793. The molecule has 1 amide bonds. The van der Waals surface area contributed by atoms with Gasteiger partial charge < -0.3 is 10.2 Å². The Morgan fingerprint density at radius 3 is 2.14 bits per heavy atom. The van der Waals surface area contributed by atoms with Gasteiger partial charge in [-0.2, -0.15) is 13.2 Å². The van der Waals surface area contributed by atoms with Crippen molar-refractivity contribution in [3.05, 3.63) is 90.0 Å². The number of carbonyl (C=O) groups excluding carboxylic acids is 1. The van der Waals surface area contributed by atoms with Crippen LogP contribution < -0.4 is 10.2 Å². The van der Waals surface area contributed by atoms with Crippen molar-refractivity contribution < 1.29 is 18.0 Å². The maximum atomic E-state index is 12.8. The van der Waals surface area contributed by atoms with Crippen LogP contribution in [0.2, 0.25) is 0 Å². The van der Waals surface area contributed by atoms with Gasteiger partial charge in [-0.15, -0.1) is 0 Å². The van der Waals surface area contributed by atoms with E-state index in [0.29, 0.717) is 22.9 Å². The maximum Gasteiger partial charge on any atom is 0.416 e. The molecule has 1 aromatic heterocycles. The molecule has 0 spiro atoms. The minimum absolute atomic E-state index is 0.257. The van der Waals surface area contributed by atoms with Crippen molar-refractivity contribution in [1.82, 2.24) is 4.98 Å². The SMILES string of the molecule is O=C(Nc1ccc2nc(N3CC4CCC3CC4)ccc2c1)c1ccc(-c2ccc(C(F)(F)F)cc2)cc1. The Kier molecular flexibility index (Phi) is 5.86. The fourth-order valence-corrected chi connectivity index (χ4v) is 5.57. The van der Waals surface area contributed by atoms with Gasteiger partial charge in [-0.25, -0.2) is 4.98 Å². The molecule has 2 aliphatic heterocycles. The summed E-state index contributed by atoms with van der Waals surface area (Å²) in [5.41, 5.74) is 2.74. The second kappa shape index (κ2) is 9.21. The first kappa shape index (κ1) is 23.5. The smallest absolute Gasteiger partial charge is 0.353 e. The summed E-state index contributed by atoms with van der Waals surface area (Å²) < 4.78 is 38.4. The first-order chi connectivity index (χ1) is 17.8. The zero-order valence-corrected chi connectivity index (χ0v) is 20.1. The molecule has 1 N–H and O–H groups in total. The van der Waals surface area contributed by atoms with Crippen molar-refractivity contribution in [2.75, 3.05) is 16.8 Å². The third kappa shape index (κ3) is 4.78. The number of rotatable bonds is 4. The van der Waals surface area contributed by atoms with Crippen LogP contribution in [0.5, 0.6) is 0 Å². The lowest BCUT2D eigenvalue weighted by atomic mass is 9.80. The Bertz CT molecular complexity index is 1440. The van der Waals surface area contributed by atoms with Crippen LogP contribution in [0, 0.1) is 5.92 Å². The number of piperidine rings is 2. The maximum absolute atomic E-state index is 12.8. The molecular weight excluding hydrogens is 475 g/mol. The largest absolute Gasteiger partial charge is 0.416 e. The van der Waals surface area contributed by atoms with E-state index in [1.165, 1.54) is 37.8 Å². The second-order valence-electron chi connectivity index (χ2n) is 10.0. The molecule has 7 heteroatoms. The van der Waals surface area contributed by atoms with Gasteiger partial charge in [0.05, 0.1) is 11.1 Å². The number of hydrogen-bond acceptors (Lipinski definition) is 3. The van der Waals surface area contributed by atoms with Crippen LogP contribution in [0.4, 0.5) is 24.7 Å². The lowest BCUT2D eigenvalue weighted by Gasteiger charge is -2.46. The number of benzene rings is 3. The van der Waals surface area contributed by atoms with E-state index >= 15 is 0 Å². The normalized spacial score (nSPS) is 19.3. The van der Waals surface area contributed by atoms with Gasteiger partial charge in [0.25, 0.3) is 5.91 Å². The van der Waals surface area contributed by atoms with E-state index < -0.39 is 11.7 Å². The van der Waals surface area contributed by atoms with Gasteiger partial charge in [-0.1, -0.05) is 24.3 Å². The van der Waals surface area contributed by atoms with Gasteiger partial charge in [0.2, 0.25) is 0 Å². The molecule has 2 bridgehead atoms. The quantitative estimate of drug-likeness (QED) is 0.314. The third-order valence-corrected chi connectivity index (χ3v) is 7.63. The molecule has 3 heterocycles. The molecule has 1 saturated carbocycles. The van der Waals surface area contributed by atoms with Gasteiger partial charge in [-0.05, 0) is 97.3 Å². The zero-order chi connectivity index (χ0) is 25.6. The lowest BCUT2D eigenvalue weighted by Crippen LogP contribution is -2.48. The monoisotopic (exact) mass is 501 g/mol. The van der Waals surface area contributed by atoms with Crippen LogP contribution in [0.15, 0.2) is 78.9 Å². The molecule has 37 heavy (non-hydrogen) atoms. The van der Waals surface area contributed by atoms with E-state index in [4.69, 9.17) is 4.98 Å². The second-order valence-corrected chi connectivity index (χ2v) is 10.0. The van der Waals surface area contributed by atoms with Crippen molar-refractivity contribution >= 4 is 28.3 Å². The minimum atomic E-state index is -4.37. The van der Waals surface area contributed by atoms with Crippen molar-refractivity contribution in [2.24, 2.45) is 5.92 Å². The number of pyridine rings is 1. The molecule has 7 rings (SSSR count). The molecule has 0 unspecified atom stereocenters. The Balaban J connectivity index is 1.14. The number of halogens is 3. The molecule has 4 nitrogen and oxygen atoms in total. The van der Waals surface area contributed by atoms with Crippen molar-refractivity contribution in [3.63, 3.8) is 0 Å². The summed E-state index contributed by atoms with van der Waals surface area (Å²) in [7, 11) is 0. The summed E-state index contributed by atoms with van der Waals surface area (Å²) >= 11 is 0. The third-order valence-electron chi connectivity index (χ3n) is 7.63. The van der Waals surface area contributed by atoms with Gasteiger partial charge in [0.15, 0.2) is 0 Å². The topological polar surface area (TPSA) is 45.2 Å². The zero-order valence-electron chi connectivity index (χ0n) is 20.1. The molecule has 2 saturated heterocycles. The van der Waals surface area contributed by atoms with Crippen molar-refractivity contribution in [2.45, 2.75) is 37.9 Å². The summed E-state index contributed by atoms with van der Waals surface area (Å²) in [6, 6.07) is 22.2. The van der Waals surface area contributed by atoms with Gasteiger partial charge in [0.1, 0.15) is 5.82 Å². The summed E-state index contributed by atoms with van der Waals surface area (Å²) in [5, 5.41) is 3.89. The first-order valence-electron chi connectivity index (χ1n) is 12.6. The summed E-state index contributed by atoms with van der Waals surface area (Å²) in [4.78, 5) is 20.2. The van der Waals surface area contributed by atoms with E-state index in [9.17, 15) is 18.0 Å². The predicted octanol–water partition coefficient (Wildman–Crippen LogP) is 7.55. The van der Waals surface area contributed by atoms with Crippen molar-refractivity contribution in [3.8, 4) is 11.1 Å². The molecule has 1 aliphatic carbocycles. The van der Waals surface area contributed by atoms with Crippen LogP contribution in [0.1, 0.15) is 41.6 Å². The van der Waals surface area contributed by atoms with E-state index in [1.807, 2.05) is 18.2 Å². The highest BCUT2D eigenvalue weighted by molar-refractivity contribution is 6.05. The molecule has 4 aromatic rings. The molecule has 188 valence electrons. The van der Waals surface area contributed by atoms with E-state index in [0.717, 1.165) is 46.9 Å². The molecule has 0 radical (unpaired) electrons. The minimum Gasteiger partial charge on any atom is -0.353 e. The number of nitrogens with zero attached hydrogens (tertiary/aromatic N) is 2. The molecule has 3 aromatic carbocycles. The highest BCUT2D eigenvalue weighted by Crippen LogP contribution is 2.37. The van der Waals surface area contributed by atoms with E-state index in [-0.39, 0.29) is 5.91 Å². The van der Waals surface area contributed by atoms with Crippen LogP contribution >= 0.6 is 0 Å². The number of anilines is 2. The number of carbonyl (C=O) groups is 1. The van der Waals surface area contributed by atoms with E-state index in [1.54, 1.807) is 24.3 Å². The Hall–Kier alpha value is -3.87. The number of aromatic nitrogens is 1. The lowest BCUT2D eigenvalue weighted by molar-refractivity contribution is -0.137. The highest BCUT2D eigenvalue weighted by atomic mass is 19.4. The molecule has 3 fully saturated rings. The number of nitrogens with one attached hydrogen (secondary N) is 1. The number of amides is 1. The Morgan fingerprint density at radius 1 is 0.838 bits per heavy atom. The number of alkyl halides is 3. The standard InChI is InChI=1S/C30H26F3N3O/c31-30(32,33)24-10-7-21(8-11-24)20-3-5-22(6-4-20)29(37)34-25-12-15-27-23(17-25)9-16-28(35-27)36-18-19-1-13-26(36)14-2-19/h3-12,15-17,19,26H,1-2,13-14,18H2,(H,34,37). The number of fused-ring (bicyclic) bond motifs is 4. The molecule has 0 atom stereocenters. The van der Waals surface area contributed by atoms with Gasteiger partial charge in [-0.3, -0.25) is 4.79 Å². The van der Waals surface area contributed by atoms with Crippen LogP contribution in [-0.2, 0) is 6.18 Å². The molecular formula is C30H26F3N3O. The Morgan fingerprint density at radius 2 is 1.51 bits per heavy atom. The average molecular weight is 502 g/mol. The number of hydrogen-bond donors (Lipinski definition) is 1. The van der Waals surface area contributed by atoms with Crippen LogP contribution in [-0.4, -0.2) is 23.5 Å². The van der Waals surface area contributed by atoms with E-state index in [2.05, 4.69) is 22.3 Å². The Labute approximate surface area is 213 Å². The van der Waals surface area contributed by atoms with Crippen LogP contribution in [0.3, 0.4) is 0 Å². The highest BCUT2D eigenvalue weighted by Gasteiger charge is 2.34. The van der Waals surface area contributed by atoms with Crippen molar-refractivity contribution in [1.29, 1.82) is 0 Å². The molecule has 3 aliphatic rings. The fraction of sp³-hybridized carbons (Fsp3) is 0.267. The van der Waals surface area contributed by atoms with Crippen LogP contribution in [0.25, 0.3) is 22.0 Å². The summed E-state index contributed by atoms with van der Waals surface area (Å²) in [6.45, 7) is 1.09. The summed E-state index contributed by atoms with van der Waals surface area (Å²) in [5.74, 6) is 1.56. The predicted molar refractivity (Wildman–Crippen MR) is 140 cm³/mol.